The van der Waals surface area contributed by atoms with Crippen LogP contribution in [0.15, 0.2) is 66.7 Å². The van der Waals surface area contributed by atoms with Crippen molar-refractivity contribution in [3.05, 3.63) is 83.1 Å². The van der Waals surface area contributed by atoms with Gasteiger partial charge in [-0.3, -0.25) is 9.59 Å². The number of benzene rings is 3. The monoisotopic (exact) mass is 449 g/mol. The van der Waals surface area contributed by atoms with Crippen molar-refractivity contribution in [2.45, 2.75) is 6.54 Å². The van der Waals surface area contributed by atoms with Crippen molar-refractivity contribution >= 4 is 40.0 Å². The van der Waals surface area contributed by atoms with E-state index in [1.165, 1.54) is 14.2 Å². The van der Waals surface area contributed by atoms with Gasteiger partial charge in [0.1, 0.15) is 18.0 Å². The van der Waals surface area contributed by atoms with Crippen LogP contribution in [0.5, 0.6) is 11.5 Å². The van der Waals surface area contributed by atoms with Gasteiger partial charge in [-0.1, -0.05) is 23.7 Å². The fourth-order valence-electron chi connectivity index (χ4n) is 3.36. The number of aromatic nitrogens is 2. The molecule has 0 spiro atoms. The Balaban J connectivity index is 1.66. The van der Waals surface area contributed by atoms with Gasteiger partial charge in [-0.25, -0.2) is 4.98 Å². The van der Waals surface area contributed by atoms with Crippen LogP contribution < -0.4 is 14.8 Å². The van der Waals surface area contributed by atoms with Crippen LogP contribution in [0.3, 0.4) is 0 Å². The third kappa shape index (κ3) is 4.43. The van der Waals surface area contributed by atoms with Gasteiger partial charge >= 0.3 is 0 Å². The Labute approximate surface area is 189 Å². The standard InChI is InChI=1S/C24H20ClN3O4/c1-31-18-11-17(12-19(13-18)32-2)26-22(29)14-28-21-6-4-3-5-20(21)27-24(28)23(30)15-7-9-16(25)10-8-15/h3-13H,14H2,1-2H3,(H,26,29). The van der Waals surface area contributed by atoms with Crippen LogP contribution in [-0.4, -0.2) is 35.5 Å². The summed E-state index contributed by atoms with van der Waals surface area (Å²) in [4.78, 5) is 30.6. The average Bonchev–Trinajstić information content (AvgIpc) is 3.17. The number of para-hydroxylation sites is 2. The summed E-state index contributed by atoms with van der Waals surface area (Å²) in [6, 6.07) is 18.9. The maximum atomic E-state index is 13.2. The Kier molecular flexibility index (Phi) is 6.09. The smallest absolute Gasteiger partial charge is 0.244 e. The summed E-state index contributed by atoms with van der Waals surface area (Å²) >= 11 is 5.94. The lowest BCUT2D eigenvalue weighted by Gasteiger charge is -2.12. The minimum Gasteiger partial charge on any atom is -0.497 e. The van der Waals surface area contributed by atoms with Crippen LogP contribution in [-0.2, 0) is 11.3 Å². The summed E-state index contributed by atoms with van der Waals surface area (Å²) in [5, 5.41) is 3.36. The van der Waals surface area contributed by atoms with E-state index in [0.717, 1.165) is 0 Å². The van der Waals surface area contributed by atoms with Crippen LogP contribution in [0.1, 0.15) is 16.2 Å². The molecule has 0 aliphatic rings. The second kappa shape index (κ2) is 9.11. The lowest BCUT2D eigenvalue weighted by molar-refractivity contribution is -0.116. The quantitative estimate of drug-likeness (QED) is 0.418. The van der Waals surface area contributed by atoms with E-state index in [2.05, 4.69) is 10.3 Å². The number of nitrogens with zero attached hydrogens (tertiary/aromatic N) is 2. The number of ketones is 1. The van der Waals surface area contributed by atoms with Gasteiger partial charge < -0.3 is 19.4 Å². The second-order valence-electron chi connectivity index (χ2n) is 7.00. The molecule has 0 fully saturated rings. The number of carbonyl (C=O) groups is 2. The molecule has 8 heteroatoms. The van der Waals surface area contributed by atoms with Crippen LogP contribution in [0.25, 0.3) is 11.0 Å². The van der Waals surface area contributed by atoms with E-state index in [1.54, 1.807) is 53.1 Å². The topological polar surface area (TPSA) is 82.5 Å². The second-order valence-corrected chi connectivity index (χ2v) is 7.43. The van der Waals surface area contributed by atoms with Crippen molar-refractivity contribution in [1.82, 2.24) is 9.55 Å². The first-order chi connectivity index (χ1) is 15.5. The number of anilines is 1. The molecular weight excluding hydrogens is 430 g/mol. The zero-order valence-corrected chi connectivity index (χ0v) is 18.2. The van der Waals surface area contributed by atoms with Crippen LogP contribution in [0, 0.1) is 0 Å². The molecule has 1 amide bonds. The predicted molar refractivity (Wildman–Crippen MR) is 123 cm³/mol. The van der Waals surface area contributed by atoms with Gasteiger partial charge in [0.05, 0.1) is 25.3 Å². The molecule has 0 aliphatic heterocycles. The van der Waals surface area contributed by atoms with Gasteiger partial charge in [-0.2, -0.15) is 0 Å². The minimum atomic E-state index is -0.325. The molecule has 1 N–H and O–H groups in total. The third-order valence-corrected chi connectivity index (χ3v) is 5.15. The maximum Gasteiger partial charge on any atom is 0.244 e. The highest BCUT2D eigenvalue weighted by molar-refractivity contribution is 6.30. The molecule has 1 aromatic heterocycles. The van der Waals surface area contributed by atoms with Crippen molar-refractivity contribution in [2.24, 2.45) is 0 Å². The Bertz CT molecular complexity index is 1280. The van der Waals surface area contributed by atoms with Gasteiger partial charge in [-0.15, -0.1) is 0 Å². The van der Waals surface area contributed by atoms with Crippen LogP contribution in [0.2, 0.25) is 5.02 Å². The molecule has 162 valence electrons. The Morgan fingerprint density at radius 2 is 1.62 bits per heavy atom. The van der Waals surface area contributed by atoms with Gasteiger partial charge in [0.2, 0.25) is 11.7 Å². The van der Waals surface area contributed by atoms with E-state index in [4.69, 9.17) is 21.1 Å². The number of nitrogens with one attached hydrogen (secondary N) is 1. The average molecular weight is 450 g/mol. The van der Waals surface area contributed by atoms with Crippen molar-refractivity contribution in [3.8, 4) is 11.5 Å². The summed E-state index contributed by atoms with van der Waals surface area (Å²) in [5.41, 5.74) is 2.26. The molecule has 1 heterocycles. The molecule has 32 heavy (non-hydrogen) atoms. The first-order valence-corrected chi connectivity index (χ1v) is 10.1. The Morgan fingerprint density at radius 1 is 0.969 bits per heavy atom. The molecule has 4 aromatic rings. The number of ether oxygens (including phenoxy) is 2. The highest BCUT2D eigenvalue weighted by atomic mass is 35.5. The lowest BCUT2D eigenvalue weighted by atomic mass is 10.1. The summed E-state index contributed by atoms with van der Waals surface area (Å²) in [6.45, 7) is -0.102. The molecule has 0 saturated carbocycles. The van der Waals surface area contributed by atoms with Gasteiger partial charge in [-0.05, 0) is 36.4 Å². The highest BCUT2D eigenvalue weighted by Gasteiger charge is 2.21. The summed E-state index contributed by atoms with van der Waals surface area (Å²) in [5.74, 6) is 0.645. The van der Waals surface area contributed by atoms with E-state index >= 15 is 0 Å². The SMILES string of the molecule is COc1cc(NC(=O)Cn2c(C(=O)c3ccc(Cl)cc3)nc3ccccc32)cc(OC)c1. The summed E-state index contributed by atoms with van der Waals surface area (Å²) in [7, 11) is 3.07. The summed E-state index contributed by atoms with van der Waals surface area (Å²) in [6.07, 6.45) is 0. The molecule has 0 atom stereocenters. The van der Waals surface area contributed by atoms with E-state index < -0.39 is 0 Å². The van der Waals surface area contributed by atoms with E-state index in [1.807, 2.05) is 18.2 Å². The van der Waals surface area contributed by atoms with Gasteiger partial charge in [0.15, 0.2) is 5.82 Å². The molecule has 3 aromatic carbocycles. The van der Waals surface area contributed by atoms with Crippen molar-refractivity contribution in [1.29, 1.82) is 0 Å². The van der Waals surface area contributed by atoms with Crippen LogP contribution in [0.4, 0.5) is 5.69 Å². The minimum absolute atomic E-state index is 0.102. The maximum absolute atomic E-state index is 13.2. The molecule has 4 rings (SSSR count). The lowest BCUT2D eigenvalue weighted by Crippen LogP contribution is -2.22. The molecule has 0 unspecified atom stereocenters. The number of hydrogen-bond donors (Lipinski definition) is 1. The summed E-state index contributed by atoms with van der Waals surface area (Å²) < 4.78 is 12.1. The fraction of sp³-hybridized carbons (Fsp3) is 0.125. The third-order valence-electron chi connectivity index (χ3n) is 4.90. The predicted octanol–water partition coefficient (Wildman–Crippen LogP) is 4.58. The molecule has 0 aliphatic carbocycles. The molecule has 0 saturated heterocycles. The van der Waals surface area contributed by atoms with Crippen LogP contribution >= 0.6 is 11.6 Å². The van der Waals surface area contributed by atoms with Crippen molar-refractivity contribution < 1.29 is 19.1 Å². The molecular formula is C24H20ClN3O4. The number of imidazole rings is 1. The van der Waals surface area contributed by atoms with E-state index in [9.17, 15) is 9.59 Å². The fourth-order valence-corrected chi connectivity index (χ4v) is 3.49. The zero-order valence-electron chi connectivity index (χ0n) is 17.5. The normalized spacial score (nSPS) is 10.7. The zero-order chi connectivity index (χ0) is 22.7. The number of hydrogen-bond acceptors (Lipinski definition) is 5. The number of methoxy groups -OCH3 is 2. The molecule has 7 nitrogen and oxygen atoms in total. The van der Waals surface area contributed by atoms with Crippen molar-refractivity contribution in [3.63, 3.8) is 0 Å². The number of rotatable bonds is 7. The Hall–Kier alpha value is -3.84. The first-order valence-electron chi connectivity index (χ1n) is 9.77. The van der Waals surface area contributed by atoms with E-state index in [-0.39, 0.29) is 24.1 Å². The number of amides is 1. The highest BCUT2D eigenvalue weighted by Crippen LogP contribution is 2.26. The molecule has 0 radical (unpaired) electrons. The first kappa shape index (κ1) is 21.4. The van der Waals surface area contributed by atoms with E-state index in [0.29, 0.717) is 38.8 Å². The molecule has 0 bridgehead atoms. The largest absolute Gasteiger partial charge is 0.497 e. The number of halogens is 1. The number of fused-ring (bicyclic) bond motifs is 1. The van der Waals surface area contributed by atoms with Crippen molar-refractivity contribution in [2.75, 3.05) is 19.5 Å². The van der Waals surface area contributed by atoms with Gasteiger partial charge in [0.25, 0.3) is 0 Å². The van der Waals surface area contributed by atoms with Gasteiger partial charge in [0, 0.05) is 34.5 Å². The number of carbonyl (C=O) groups excluding carboxylic acids is 2. The Morgan fingerprint density at radius 3 is 2.28 bits per heavy atom.